The van der Waals surface area contributed by atoms with Crippen LogP contribution in [0.3, 0.4) is 0 Å². The van der Waals surface area contributed by atoms with Gasteiger partial charge in [0.05, 0.1) is 16.8 Å². The summed E-state index contributed by atoms with van der Waals surface area (Å²) >= 11 is 1.66. The number of hydrogen-bond donors (Lipinski definition) is 2. The zero-order valence-electron chi connectivity index (χ0n) is 15.9. The molecule has 4 aromatic rings. The molecule has 0 saturated carbocycles. The molecule has 0 aliphatic carbocycles. The zero-order valence-corrected chi connectivity index (χ0v) is 16.7. The van der Waals surface area contributed by atoms with Gasteiger partial charge in [-0.15, -0.1) is 11.3 Å². The highest BCUT2D eigenvalue weighted by molar-refractivity contribution is 7.21. The molecule has 6 heteroatoms. The van der Waals surface area contributed by atoms with E-state index < -0.39 is 0 Å². The Bertz CT molecular complexity index is 1140. The van der Waals surface area contributed by atoms with Crippen LogP contribution in [0, 0.1) is 6.92 Å². The van der Waals surface area contributed by atoms with Crippen LogP contribution in [0.4, 0.5) is 5.69 Å². The highest BCUT2D eigenvalue weighted by Gasteiger charge is 2.09. The molecule has 0 radical (unpaired) electrons. The summed E-state index contributed by atoms with van der Waals surface area (Å²) in [5, 5.41) is 12.6. The van der Waals surface area contributed by atoms with Gasteiger partial charge in [0.15, 0.2) is 0 Å². The third-order valence-corrected chi connectivity index (χ3v) is 5.48. The fourth-order valence-electron chi connectivity index (χ4n) is 2.92. The second kappa shape index (κ2) is 8.43. The number of carbonyl (C=O) groups is 1. The molecule has 0 bridgehead atoms. The van der Waals surface area contributed by atoms with E-state index in [1.165, 1.54) is 10.3 Å². The number of thiazole rings is 1. The summed E-state index contributed by atoms with van der Waals surface area (Å²) in [5.41, 5.74) is 4.49. The number of nitrogens with zero attached hydrogens (tertiary/aromatic N) is 1. The van der Waals surface area contributed by atoms with E-state index in [1.54, 1.807) is 35.6 Å². The summed E-state index contributed by atoms with van der Waals surface area (Å²) < 4.78 is 6.48. The first-order valence-electron chi connectivity index (χ1n) is 9.25. The van der Waals surface area contributed by atoms with Gasteiger partial charge in [-0.25, -0.2) is 4.98 Å². The molecular weight excluding hydrogens is 384 g/mol. The Morgan fingerprint density at radius 1 is 1.07 bits per heavy atom. The maximum absolute atomic E-state index is 12.4. The van der Waals surface area contributed by atoms with E-state index in [9.17, 15) is 4.79 Å². The minimum Gasteiger partial charge on any atom is -0.491 e. The summed E-state index contributed by atoms with van der Waals surface area (Å²) in [6.07, 6.45) is 0. The lowest BCUT2D eigenvalue weighted by atomic mass is 10.2. The highest BCUT2D eigenvalue weighted by Crippen LogP contribution is 2.31. The Labute approximate surface area is 172 Å². The quantitative estimate of drug-likeness (QED) is 0.480. The van der Waals surface area contributed by atoms with Crippen LogP contribution >= 0.6 is 11.3 Å². The molecule has 1 aromatic heterocycles. The minimum absolute atomic E-state index is 0.0467. The molecular formula is C23H20N2O3S. The molecule has 0 aliphatic rings. The number of rotatable bonds is 6. The van der Waals surface area contributed by atoms with Crippen LogP contribution in [0.5, 0.6) is 5.75 Å². The third kappa shape index (κ3) is 4.45. The summed E-state index contributed by atoms with van der Waals surface area (Å²) in [6.45, 7) is 2.26. The van der Waals surface area contributed by atoms with Crippen molar-refractivity contribution in [3.05, 3.63) is 77.9 Å². The van der Waals surface area contributed by atoms with Gasteiger partial charge in [0.25, 0.3) is 5.91 Å². The summed E-state index contributed by atoms with van der Waals surface area (Å²) in [5.74, 6) is 0.424. The van der Waals surface area contributed by atoms with Crippen molar-refractivity contribution in [3.63, 3.8) is 0 Å². The smallest absolute Gasteiger partial charge is 0.255 e. The number of fused-ring (bicyclic) bond motifs is 1. The van der Waals surface area contributed by atoms with Crippen molar-refractivity contribution in [1.29, 1.82) is 0 Å². The number of aliphatic hydroxyl groups excluding tert-OH is 1. The number of aryl methyl sites for hydroxylation is 1. The third-order valence-electron chi connectivity index (χ3n) is 4.41. The van der Waals surface area contributed by atoms with Crippen LogP contribution in [0.2, 0.25) is 0 Å². The van der Waals surface area contributed by atoms with Gasteiger partial charge in [-0.05, 0) is 73.2 Å². The van der Waals surface area contributed by atoms with Gasteiger partial charge in [-0.3, -0.25) is 4.79 Å². The molecule has 0 saturated heterocycles. The number of benzene rings is 3. The first-order valence-corrected chi connectivity index (χ1v) is 10.1. The molecule has 5 nitrogen and oxygen atoms in total. The first kappa shape index (κ1) is 19.1. The fraction of sp³-hybridized carbons (Fsp3) is 0.130. The van der Waals surface area contributed by atoms with Crippen molar-refractivity contribution in [3.8, 4) is 16.3 Å². The molecule has 0 aliphatic heterocycles. The van der Waals surface area contributed by atoms with Crippen LogP contribution in [0.1, 0.15) is 15.9 Å². The van der Waals surface area contributed by atoms with E-state index in [-0.39, 0.29) is 19.1 Å². The van der Waals surface area contributed by atoms with Crippen LogP contribution in [-0.4, -0.2) is 29.2 Å². The number of ether oxygens (including phenoxy) is 1. The second-order valence-corrected chi connectivity index (χ2v) is 7.65. The number of aromatic nitrogens is 1. The van der Waals surface area contributed by atoms with E-state index in [1.807, 2.05) is 30.3 Å². The monoisotopic (exact) mass is 404 g/mol. The van der Waals surface area contributed by atoms with Crippen molar-refractivity contribution in [2.24, 2.45) is 0 Å². The van der Waals surface area contributed by atoms with E-state index in [2.05, 4.69) is 24.4 Å². The van der Waals surface area contributed by atoms with Crippen LogP contribution in [0.15, 0.2) is 66.7 Å². The Morgan fingerprint density at radius 2 is 1.83 bits per heavy atom. The zero-order chi connectivity index (χ0) is 20.2. The lowest BCUT2D eigenvalue weighted by molar-refractivity contribution is 0.102. The van der Waals surface area contributed by atoms with Gasteiger partial charge in [-0.1, -0.05) is 6.07 Å². The SMILES string of the molecule is Cc1ccc2nc(-c3ccc(NC(=O)c4ccc(OCCO)cc4)cc3)sc2c1. The fourth-order valence-corrected chi connectivity index (χ4v) is 3.99. The molecule has 3 aromatic carbocycles. The van der Waals surface area contributed by atoms with Gasteiger partial charge in [0, 0.05) is 16.8 Å². The molecule has 146 valence electrons. The van der Waals surface area contributed by atoms with Crippen molar-refractivity contribution in [2.75, 3.05) is 18.5 Å². The Balaban J connectivity index is 1.45. The topological polar surface area (TPSA) is 71.5 Å². The van der Waals surface area contributed by atoms with E-state index >= 15 is 0 Å². The van der Waals surface area contributed by atoms with Gasteiger partial charge >= 0.3 is 0 Å². The molecule has 0 atom stereocenters. The maximum Gasteiger partial charge on any atom is 0.255 e. The number of nitrogens with one attached hydrogen (secondary N) is 1. The molecule has 1 heterocycles. The largest absolute Gasteiger partial charge is 0.491 e. The van der Waals surface area contributed by atoms with Crippen molar-refractivity contribution in [1.82, 2.24) is 4.98 Å². The van der Waals surface area contributed by atoms with Gasteiger partial charge in [0.1, 0.15) is 17.4 Å². The number of carbonyl (C=O) groups excluding carboxylic acids is 1. The number of amides is 1. The van der Waals surface area contributed by atoms with E-state index in [0.29, 0.717) is 11.3 Å². The van der Waals surface area contributed by atoms with Crippen LogP contribution < -0.4 is 10.1 Å². The summed E-state index contributed by atoms with van der Waals surface area (Å²) in [7, 11) is 0. The second-order valence-electron chi connectivity index (χ2n) is 6.62. The van der Waals surface area contributed by atoms with Gasteiger partial charge < -0.3 is 15.2 Å². The summed E-state index contributed by atoms with van der Waals surface area (Å²) in [4.78, 5) is 17.1. The average molecular weight is 404 g/mol. The maximum atomic E-state index is 12.4. The molecule has 0 spiro atoms. The number of anilines is 1. The van der Waals surface area contributed by atoms with Crippen LogP contribution in [-0.2, 0) is 0 Å². The molecule has 29 heavy (non-hydrogen) atoms. The van der Waals surface area contributed by atoms with E-state index in [0.717, 1.165) is 21.8 Å². The average Bonchev–Trinajstić information content (AvgIpc) is 3.16. The normalized spacial score (nSPS) is 10.8. The van der Waals surface area contributed by atoms with Crippen LogP contribution in [0.25, 0.3) is 20.8 Å². The van der Waals surface area contributed by atoms with Crippen molar-refractivity contribution in [2.45, 2.75) is 6.92 Å². The first-order chi connectivity index (χ1) is 14.1. The molecule has 4 rings (SSSR count). The minimum atomic E-state index is -0.193. The standard InChI is InChI=1S/C23H20N2O3S/c1-15-2-11-20-21(14-15)29-23(25-20)17-3-7-18(8-4-17)24-22(27)16-5-9-19(10-6-16)28-13-12-26/h2-11,14,26H,12-13H2,1H3,(H,24,27). The van der Waals surface area contributed by atoms with Crippen molar-refractivity contribution >= 4 is 33.1 Å². The molecule has 2 N–H and O–H groups in total. The predicted molar refractivity (Wildman–Crippen MR) is 117 cm³/mol. The Hall–Kier alpha value is -3.22. The lowest BCUT2D eigenvalue weighted by Gasteiger charge is -2.07. The number of aliphatic hydroxyl groups is 1. The molecule has 1 amide bonds. The Kier molecular flexibility index (Phi) is 5.55. The lowest BCUT2D eigenvalue weighted by Crippen LogP contribution is -2.11. The molecule has 0 fully saturated rings. The van der Waals surface area contributed by atoms with E-state index in [4.69, 9.17) is 14.8 Å². The molecule has 0 unspecified atom stereocenters. The van der Waals surface area contributed by atoms with Gasteiger partial charge in [-0.2, -0.15) is 0 Å². The van der Waals surface area contributed by atoms with Crippen molar-refractivity contribution < 1.29 is 14.6 Å². The highest BCUT2D eigenvalue weighted by atomic mass is 32.1. The number of hydrogen-bond acceptors (Lipinski definition) is 5. The Morgan fingerprint density at radius 3 is 2.55 bits per heavy atom. The van der Waals surface area contributed by atoms with Gasteiger partial charge in [0.2, 0.25) is 0 Å². The predicted octanol–water partition coefficient (Wildman–Crippen LogP) is 4.90. The summed E-state index contributed by atoms with van der Waals surface area (Å²) in [6, 6.07) is 20.7.